The molecule has 0 radical (unpaired) electrons. The summed E-state index contributed by atoms with van der Waals surface area (Å²) in [6.07, 6.45) is 4.82. The van der Waals surface area contributed by atoms with Crippen molar-refractivity contribution in [3.8, 4) is 0 Å². The van der Waals surface area contributed by atoms with Crippen molar-refractivity contribution in [1.29, 1.82) is 0 Å². The number of aryl methyl sites for hydroxylation is 2. The normalized spacial score (nSPS) is 15.6. The Bertz CT molecular complexity index is 460. The highest BCUT2D eigenvalue weighted by Crippen LogP contribution is 2.25. The Labute approximate surface area is 110 Å². The van der Waals surface area contributed by atoms with Gasteiger partial charge in [-0.05, 0) is 70.8 Å². The number of ketones is 1. The van der Waals surface area contributed by atoms with E-state index in [0.29, 0.717) is 0 Å². The van der Waals surface area contributed by atoms with E-state index in [0.717, 1.165) is 12.0 Å². The van der Waals surface area contributed by atoms with Gasteiger partial charge in [0.2, 0.25) is 0 Å². The Kier molecular flexibility index (Phi) is 3.58. The number of benzene rings is 1. The highest BCUT2D eigenvalue weighted by atomic mass is 16.1. The lowest BCUT2D eigenvalue weighted by Crippen LogP contribution is -2.45. The molecule has 0 unspecified atom stereocenters. The van der Waals surface area contributed by atoms with Crippen LogP contribution < -0.4 is 0 Å². The van der Waals surface area contributed by atoms with Gasteiger partial charge < -0.3 is 0 Å². The molecule has 2 rings (SSSR count). The molecule has 0 fully saturated rings. The zero-order valence-corrected chi connectivity index (χ0v) is 11.9. The molecule has 0 aromatic heterocycles. The van der Waals surface area contributed by atoms with Crippen molar-refractivity contribution in [3.05, 3.63) is 34.9 Å². The smallest absolute Gasteiger partial charge is 0.182 e. The third kappa shape index (κ3) is 2.35. The molecule has 98 valence electrons. The van der Waals surface area contributed by atoms with Crippen LogP contribution in [-0.2, 0) is 12.8 Å². The van der Waals surface area contributed by atoms with Crippen LogP contribution in [0.3, 0.4) is 0 Å². The van der Waals surface area contributed by atoms with Crippen LogP contribution in [-0.4, -0.2) is 30.3 Å². The first-order valence-electron chi connectivity index (χ1n) is 6.77. The van der Waals surface area contributed by atoms with Crippen molar-refractivity contribution in [2.24, 2.45) is 0 Å². The first-order valence-corrected chi connectivity index (χ1v) is 6.77. The number of hydrogen-bond acceptors (Lipinski definition) is 2. The molecule has 0 atom stereocenters. The van der Waals surface area contributed by atoms with Crippen LogP contribution in [0.15, 0.2) is 18.2 Å². The van der Waals surface area contributed by atoms with E-state index < -0.39 is 5.54 Å². The highest BCUT2D eigenvalue weighted by Gasteiger charge is 2.31. The van der Waals surface area contributed by atoms with E-state index in [1.807, 2.05) is 38.9 Å². The molecule has 18 heavy (non-hydrogen) atoms. The van der Waals surface area contributed by atoms with E-state index in [4.69, 9.17) is 0 Å². The van der Waals surface area contributed by atoms with Crippen LogP contribution in [0, 0.1) is 0 Å². The Morgan fingerprint density at radius 3 is 2.33 bits per heavy atom. The van der Waals surface area contributed by atoms with Gasteiger partial charge >= 0.3 is 0 Å². The van der Waals surface area contributed by atoms with Gasteiger partial charge in [-0.2, -0.15) is 0 Å². The molecular formula is C16H23NO. The summed E-state index contributed by atoms with van der Waals surface area (Å²) >= 11 is 0. The number of Topliss-reactive ketones (excluding diaryl/α,β-unsaturated/α-hetero) is 1. The van der Waals surface area contributed by atoms with Gasteiger partial charge in [0.1, 0.15) is 0 Å². The third-order valence-electron chi connectivity index (χ3n) is 4.28. The lowest BCUT2D eigenvalue weighted by molar-refractivity contribution is 0.0755. The van der Waals surface area contributed by atoms with Crippen molar-refractivity contribution in [2.45, 2.75) is 45.1 Å². The minimum absolute atomic E-state index is 0.209. The molecule has 0 spiro atoms. The molecule has 1 aliphatic rings. The summed E-state index contributed by atoms with van der Waals surface area (Å²) in [7, 11) is 3.91. The van der Waals surface area contributed by atoms with E-state index in [1.165, 1.54) is 30.4 Å². The van der Waals surface area contributed by atoms with Crippen molar-refractivity contribution in [3.63, 3.8) is 0 Å². The molecule has 1 aromatic carbocycles. The minimum atomic E-state index is -0.442. The highest BCUT2D eigenvalue weighted by molar-refractivity contribution is 6.02. The molecule has 0 heterocycles. The molecule has 0 aliphatic heterocycles. The maximum Gasteiger partial charge on any atom is 0.182 e. The average Bonchev–Trinajstić information content (AvgIpc) is 2.37. The molecule has 0 N–H and O–H groups in total. The lowest BCUT2D eigenvalue weighted by atomic mass is 9.86. The molecule has 1 aromatic rings. The maximum atomic E-state index is 12.6. The fourth-order valence-electron chi connectivity index (χ4n) is 2.43. The average molecular weight is 245 g/mol. The monoisotopic (exact) mass is 245 g/mol. The number of likely N-dealkylation sites (N-methyl/N-ethyl adjacent to an activating group) is 1. The molecule has 0 bridgehead atoms. The van der Waals surface area contributed by atoms with E-state index in [1.54, 1.807) is 0 Å². The second-order valence-electron chi connectivity index (χ2n) is 5.97. The maximum absolute atomic E-state index is 12.6. The number of fused-ring (bicyclic) bond motifs is 1. The predicted molar refractivity (Wildman–Crippen MR) is 75.2 cm³/mol. The topological polar surface area (TPSA) is 20.3 Å². The standard InChI is InChI=1S/C16H23NO/c1-16(2,17(3)4)15(18)14-10-9-12-7-5-6-8-13(12)11-14/h9-11H,5-8H2,1-4H3. The summed E-state index contributed by atoms with van der Waals surface area (Å²) in [6.45, 7) is 3.96. The van der Waals surface area contributed by atoms with E-state index in [2.05, 4.69) is 12.1 Å². The Morgan fingerprint density at radius 2 is 1.72 bits per heavy atom. The van der Waals surface area contributed by atoms with Crippen molar-refractivity contribution >= 4 is 5.78 Å². The van der Waals surface area contributed by atoms with Gasteiger partial charge in [0, 0.05) is 5.56 Å². The van der Waals surface area contributed by atoms with Gasteiger partial charge in [-0.3, -0.25) is 9.69 Å². The summed E-state index contributed by atoms with van der Waals surface area (Å²) in [5.41, 5.74) is 3.22. The summed E-state index contributed by atoms with van der Waals surface area (Å²) < 4.78 is 0. The zero-order valence-electron chi connectivity index (χ0n) is 11.9. The van der Waals surface area contributed by atoms with Crippen molar-refractivity contribution in [1.82, 2.24) is 4.90 Å². The summed E-state index contributed by atoms with van der Waals surface area (Å²) in [5, 5.41) is 0. The Hall–Kier alpha value is -1.15. The fourth-order valence-corrected chi connectivity index (χ4v) is 2.43. The molecule has 0 amide bonds. The van der Waals surface area contributed by atoms with E-state index >= 15 is 0 Å². The largest absolute Gasteiger partial charge is 0.297 e. The van der Waals surface area contributed by atoms with Crippen LogP contribution in [0.1, 0.15) is 48.2 Å². The molecule has 2 nitrogen and oxygen atoms in total. The summed E-state index contributed by atoms with van der Waals surface area (Å²) in [4.78, 5) is 14.5. The third-order valence-corrected chi connectivity index (χ3v) is 4.28. The number of nitrogens with zero attached hydrogens (tertiary/aromatic N) is 1. The van der Waals surface area contributed by atoms with Gasteiger partial charge in [-0.25, -0.2) is 0 Å². The molecule has 2 heteroatoms. The van der Waals surface area contributed by atoms with Crippen LogP contribution in [0.4, 0.5) is 0 Å². The van der Waals surface area contributed by atoms with Crippen LogP contribution in [0.2, 0.25) is 0 Å². The van der Waals surface area contributed by atoms with Crippen LogP contribution in [0.5, 0.6) is 0 Å². The first kappa shape index (κ1) is 13.3. The van der Waals surface area contributed by atoms with Crippen LogP contribution >= 0.6 is 0 Å². The number of hydrogen-bond donors (Lipinski definition) is 0. The van der Waals surface area contributed by atoms with E-state index in [9.17, 15) is 4.79 Å². The minimum Gasteiger partial charge on any atom is -0.297 e. The Morgan fingerprint density at radius 1 is 1.11 bits per heavy atom. The SMILES string of the molecule is CN(C)C(C)(C)C(=O)c1ccc2c(c1)CCCC2. The van der Waals surface area contributed by atoms with Gasteiger partial charge in [0.05, 0.1) is 5.54 Å². The zero-order chi connectivity index (χ0) is 13.3. The van der Waals surface area contributed by atoms with Crippen molar-refractivity contribution < 1.29 is 4.79 Å². The summed E-state index contributed by atoms with van der Waals surface area (Å²) in [5.74, 6) is 0.209. The first-order chi connectivity index (χ1) is 8.43. The summed E-state index contributed by atoms with van der Waals surface area (Å²) in [6, 6.07) is 6.26. The van der Waals surface area contributed by atoms with Gasteiger partial charge in [-0.1, -0.05) is 12.1 Å². The molecule has 0 saturated heterocycles. The van der Waals surface area contributed by atoms with Crippen LogP contribution in [0.25, 0.3) is 0 Å². The number of rotatable bonds is 3. The predicted octanol–water partition coefficient (Wildman–Crippen LogP) is 3.09. The van der Waals surface area contributed by atoms with Crippen molar-refractivity contribution in [2.75, 3.05) is 14.1 Å². The number of carbonyl (C=O) groups is 1. The quantitative estimate of drug-likeness (QED) is 0.763. The molecular weight excluding hydrogens is 222 g/mol. The second kappa shape index (κ2) is 4.85. The van der Waals surface area contributed by atoms with Gasteiger partial charge in [0.15, 0.2) is 5.78 Å². The Balaban J connectivity index is 2.32. The fraction of sp³-hybridized carbons (Fsp3) is 0.562. The van der Waals surface area contributed by atoms with E-state index in [-0.39, 0.29) is 5.78 Å². The van der Waals surface area contributed by atoms with Gasteiger partial charge in [0.25, 0.3) is 0 Å². The molecule has 1 aliphatic carbocycles. The lowest BCUT2D eigenvalue weighted by Gasteiger charge is -2.31. The second-order valence-corrected chi connectivity index (χ2v) is 5.97. The van der Waals surface area contributed by atoms with Gasteiger partial charge in [-0.15, -0.1) is 0 Å². The molecule has 0 saturated carbocycles. The number of carbonyl (C=O) groups excluding carboxylic acids is 1.